The lowest BCUT2D eigenvalue weighted by Crippen LogP contribution is -2.22. The molecule has 0 spiro atoms. The molecule has 1 heterocycles. The summed E-state index contributed by atoms with van der Waals surface area (Å²) in [6.45, 7) is 1.93. The third-order valence-corrected chi connectivity index (χ3v) is 3.52. The maximum atomic E-state index is 9.37. The summed E-state index contributed by atoms with van der Waals surface area (Å²) in [7, 11) is -1.51. The van der Waals surface area contributed by atoms with E-state index in [-0.39, 0.29) is 6.61 Å². The predicted octanol–water partition coefficient (Wildman–Crippen LogP) is 1.95. The van der Waals surface area contributed by atoms with Crippen LogP contribution in [0.25, 0.3) is 0 Å². The fourth-order valence-corrected chi connectivity index (χ4v) is 2.50. The van der Waals surface area contributed by atoms with Crippen molar-refractivity contribution in [2.45, 2.75) is 12.5 Å². The van der Waals surface area contributed by atoms with Gasteiger partial charge in [-0.1, -0.05) is 60.7 Å². The van der Waals surface area contributed by atoms with Gasteiger partial charge in [0.15, 0.2) is 0 Å². The molecule has 3 N–H and O–H groups in total. The molecule has 0 atom stereocenters. The van der Waals surface area contributed by atoms with E-state index < -0.39 is 12.7 Å². The van der Waals surface area contributed by atoms with Crippen molar-refractivity contribution in [3.05, 3.63) is 83.3 Å². The zero-order valence-corrected chi connectivity index (χ0v) is 13.0. The van der Waals surface area contributed by atoms with Crippen LogP contribution in [0.3, 0.4) is 0 Å². The van der Waals surface area contributed by atoms with Gasteiger partial charge in [0.25, 0.3) is 0 Å². The van der Waals surface area contributed by atoms with Crippen LogP contribution in [0.5, 0.6) is 0 Å². The van der Waals surface area contributed by atoms with Gasteiger partial charge in [0.1, 0.15) is 5.54 Å². The molecule has 5 heteroatoms. The topological polar surface area (TPSA) is 73.0 Å². The van der Waals surface area contributed by atoms with Crippen LogP contribution in [0.2, 0.25) is 0 Å². The largest absolute Gasteiger partial charge is 0.489 e. The molecule has 3 rings (SSSR count). The summed E-state index contributed by atoms with van der Waals surface area (Å²) < 4.78 is 0. The fraction of sp³-hybridized carbons (Fsp3) is 0.167. The normalized spacial score (nSPS) is 14.7. The van der Waals surface area contributed by atoms with Crippen LogP contribution < -0.4 is 0 Å². The second-order valence-corrected chi connectivity index (χ2v) is 5.09. The Morgan fingerprint density at radius 2 is 1.35 bits per heavy atom. The number of aliphatic imine (C=N–C) groups is 1. The van der Waals surface area contributed by atoms with Crippen LogP contribution in [-0.2, 0) is 5.54 Å². The highest BCUT2D eigenvalue weighted by Gasteiger charge is 2.36. The second-order valence-electron chi connectivity index (χ2n) is 5.09. The number of allylic oxidation sites excluding steroid dienone is 1. The van der Waals surface area contributed by atoms with Crippen molar-refractivity contribution in [2.75, 3.05) is 6.61 Å². The van der Waals surface area contributed by atoms with Crippen molar-refractivity contribution in [2.24, 2.45) is 4.99 Å². The van der Waals surface area contributed by atoms with Crippen LogP contribution in [0.1, 0.15) is 18.1 Å². The molecule has 0 aliphatic carbocycles. The average molecular weight is 309 g/mol. The standard InChI is InChI=1S/C16H14BNO2.C2H6O/c19-17(20)15-11-16(18-12-15,13-7-3-1-4-8-13)14-9-5-2-6-10-14;1-2-3/h1-12,19-20H;3H,2H2,1H3. The number of aliphatic hydroxyl groups is 1. The highest BCUT2D eigenvalue weighted by Crippen LogP contribution is 2.38. The SMILES string of the molecule is CCO.OB(O)C1=CC(c2ccccc2)(c2ccccc2)N=C1. The Morgan fingerprint density at radius 3 is 1.70 bits per heavy atom. The smallest absolute Gasteiger partial charge is 0.423 e. The van der Waals surface area contributed by atoms with Gasteiger partial charge in [-0.3, -0.25) is 4.99 Å². The van der Waals surface area contributed by atoms with Crippen LogP contribution in [0, 0.1) is 0 Å². The van der Waals surface area contributed by atoms with E-state index in [9.17, 15) is 10.0 Å². The van der Waals surface area contributed by atoms with E-state index in [0.29, 0.717) is 5.47 Å². The highest BCUT2D eigenvalue weighted by atomic mass is 16.4. The number of nitrogens with zero attached hydrogens (tertiary/aromatic N) is 1. The molecule has 0 unspecified atom stereocenters. The van der Waals surface area contributed by atoms with Crippen molar-refractivity contribution < 1.29 is 15.2 Å². The van der Waals surface area contributed by atoms with Crippen molar-refractivity contribution >= 4 is 13.3 Å². The Labute approximate surface area is 136 Å². The van der Waals surface area contributed by atoms with E-state index >= 15 is 0 Å². The first-order chi connectivity index (χ1) is 11.1. The molecule has 23 heavy (non-hydrogen) atoms. The number of hydrogen-bond donors (Lipinski definition) is 3. The zero-order valence-electron chi connectivity index (χ0n) is 13.0. The maximum Gasteiger partial charge on any atom is 0.489 e. The lowest BCUT2D eigenvalue weighted by Gasteiger charge is -2.25. The van der Waals surface area contributed by atoms with Crippen molar-refractivity contribution in [3.8, 4) is 0 Å². The Hall–Kier alpha value is -2.21. The first-order valence-electron chi connectivity index (χ1n) is 7.50. The Morgan fingerprint density at radius 1 is 0.913 bits per heavy atom. The van der Waals surface area contributed by atoms with E-state index in [4.69, 9.17) is 5.11 Å². The van der Waals surface area contributed by atoms with Gasteiger partial charge in [0.2, 0.25) is 0 Å². The van der Waals surface area contributed by atoms with Gasteiger partial charge < -0.3 is 15.2 Å². The molecule has 0 radical (unpaired) electrons. The molecule has 2 aromatic carbocycles. The molecular weight excluding hydrogens is 289 g/mol. The third-order valence-electron chi connectivity index (χ3n) is 3.52. The van der Waals surface area contributed by atoms with Crippen LogP contribution >= 0.6 is 0 Å². The number of rotatable bonds is 3. The van der Waals surface area contributed by atoms with Crippen LogP contribution in [0.4, 0.5) is 0 Å². The minimum atomic E-state index is -1.51. The lowest BCUT2D eigenvalue weighted by atomic mass is 9.76. The molecule has 0 aromatic heterocycles. The minimum absolute atomic E-state index is 0.250. The third kappa shape index (κ3) is 3.77. The molecule has 1 aliphatic rings. The number of aliphatic hydroxyl groups excluding tert-OH is 1. The summed E-state index contributed by atoms with van der Waals surface area (Å²) in [5.74, 6) is 0. The number of hydrogen-bond acceptors (Lipinski definition) is 4. The molecule has 0 amide bonds. The quantitative estimate of drug-likeness (QED) is 0.759. The van der Waals surface area contributed by atoms with Crippen LogP contribution in [0.15, 0.2) is 77.2 Å². The molecule has 2 aromatic rings. The monoisotopic (exact) mass is 309 g/mol. The van der Waals surface area contributed by atoms with Gasteiger partial charge in [0.05, 0.1) is 0 Å². The maximum absolute atomic E-state index is 9.37. The van der Waals surface area contributed by atoms with Gasteiger partial charge in [-0.05, 0) is 29.6 Å². The molecule has 0 bridgehead atoms. The first-order valence-corrected chi connectivity index (χ1v) is 7.50. The van der Waals surface area contributed by atoms with Crippen LogP contribution in [-0.4, -0.2) is 35.1 Å². The highest BCUT2D eigenvalue weighted by molar-refractivity contribution is 6.57. The molecule has 0 saturated carbocycles. The van der Waals surface area contributed by atoms with Gasteiger partial charge >= 0.3 is 7.12 Å². The summed E-state index contributed by atoms with van der Waals surface area (Å²) in [5.41, 5.74) is 1.73. The van der Waals surface area contributed by atoms with Gasteiger partial charge in [-0.25, -0.2) is 0 Å². The van der Waals surface area contributed by atoms with E-state index in [1.54, 1.807) is 6.92 Å². The zero-order chi connectivity index (χ0) is 16.7. The number of benzene rings is 2. The van der Waals surface area contributed by atoms with Crippen molar-refractivity contribution in [1.29, 1.82) is 0 Å². The summed E-state index contributed by atoms with van der Waals surface area (Å²) >= 11 is 0. The average Bonchev–Trinajstić information content (AvgIpc) is 3.04. The summed E-state index contributed by atoms with van der Waals surface area (Å²) in [6.07, 6.45) is 3.34. The summed E-state index contributed by atoms with van der Waals surface area (Å²) in [6, 6.07) is 19.7. The molecule has 118 valence electrons. The van der Waals surface area contributed by atoms with Gasteiger partial charge in [-0.2, -0.15) is 0 Å². The second kappa shape index (κ2) is 7.88. The Bertz CT molecular complexity index is 630. The summed E-state index contributed by atoms with van der Waals surface area (Å²) in [5, 5.41) is 26.3. The molecule has 0 saturated heterocycles. The van der Waals surface area contributed by atoms with E-state index in [0.717, 1.165) is 11.1 Å². The van der Waals surface area contributed by atoms with E-state index in [1.807, 2.05) is 66.7 Å². The Kier molecular flexibility index (Phi) is 5.87. The fourth-order valence-electron chi connectivity index (χ4n) is 2.50. The first kappa shape index (κ1) is 17.2. The van der Waals surface area contributed by atoms with Crippen molar-refractivity contribution in [1.82, 2.24) is 0 Å². The van der Waals surface area contributed by atoms with Crippen molar-refractivity contribution in [3.63, 3.8) is 0 Å². The molecule has 1 aliphatic heterocycles. The predicted molar refractivity (Wildman–Crippen MR) is 93.2 cm³/mol. The van der Waals surface area contributed by atoms with E-state index in [1.165, 1.54) is 6.21 Å². The minimum Gasteiger partial charge on any atom is -0.423 e. The Balaban J connectivity index is 0.000000595. The molecule has 0 fully saturated rings. The van der Waals surface area contributed by atoms with E-state index in [2.05, 4.69) is 4.99 Å². The lowest BCUT2D eigenvalue weighted by molar-refractivity contribution is 0.318. The molecule has 4 nitrogen and oxygen atoms in total. The van der Waals surface area contributed by atoms with Gasteiger partial charge in [-0.15, -0.1) is 0 Å². The molecular formula is C18H20BNO3. The van der Waals surface area contributed by atoms with Gasteiger partial charge in [0, 0.05) is 12.8 Å². The summed E-state index contributed by atoms with van der Waals surface area (Å²) in [4.78, 5) is 4.57.